The molecule has 1 aromatic carbocycles. The number of rotatable bonds is 5. The highest BCUT2D eigenvalue weighted by atomic mass is 32.2. The summed E-state index contributed by atoms with van der Waals surface area (Å²) in [6, 6.07) is 10.3. The Balaban J connectivity index is 1.74. The Bertz CT molecular complexity index is 841. The summed E-state index contributed by atoms with van der Waals surface area (Å²) in [6.45, 7) is 0.476. The van der Waals surface area contributed by atoms with Gasteiger partial charge in [0.05, 0.1) is 16.4 Å². The molecule has 0 saturated carbocycles. The molecule has 126 valence electrons. The number of nitro groups is 1. The van der Waals surface area contributed by atoms with Gasteiger partial charge < -0.3 is 4.74 Å². The lowest BCUT2D eigenvalue weighted by Crippen LogP contribution is -2.31. The second-order valence-corrected chi connectivity index (χ2v) is 7.25. The second kappa shape index (κ2) is 6.54. The first-order valence-corrected chi connectivity index (χ1v) is 8.73. The fourth-order valence-electron chi connectivity index (χ4n) is 2.51. The van der Waals surface area contributed by atoms with E-state index in [9.17, 15) is 18.5 Å². The van der Waals surface area contributed by atoms with E-state index in [0.29, 0.717) is 18.8 Å². The molecule has 1 aliphatic rings. The molecule has 24 heavy (non-hydrogen) atoms. The molecule has 0 bridgehead atoms. The fraction of sp³-hybridized carbons (Fsp3) is 0.267. The molecule has 2 heterocycles. The summed E-state index contributed by atoms with van der Waals surface area (Å²) in [7, 11) is -3.79. The van der Waals surface area contributed by atoms with Gasteiger partial charge in [0.25, 0.3) is 5.69 Å². The van der Waals surface area contributed by atoms with Gasteiger partial charge in [-0.3, -0.25) is 10.1 Å². The molecule has 1 aliphatic heterocycles. The lowest BCUT2D eigenvalue weighted by Gasteiger charge is -2.17. The summed E-state index contributed by atoms with van der Waals surface area (Å²) in [6.07, 6.45) is 1.83. The zero-order chi connectivity index (χ0) is 17.2. The molecule has 0 amide bonds. The summed E-state index contributed by atoms with van der Waals surface area (Å²) in [4.78, 5) is 14.2. The van der Waals surface area contributed by atoms with Gasteiger partial charge in [-0.25, -0.2) is 13.4 Å². The van der Waals surface area contributed by atoms with Gasteiger partial charge in [-0.2, -0.15) is 4.31 Å². The number of nitrogens with zero attached hydrogens (tertiary/aromatic N) is 3. The molecule has 0 spiro atoms. The van der Waals surface area contributed by atoms with Crippen molar-refractivity contribution in [3.8, 4) is 5.88 Å². The van der Waals surface area contributed by atoms with Gasteiger partial charge in [0.2, 0.25) is 15.9 Å². The van der Waals surface area contributed by atoms with E-state index in [4.69, 9.17) is 4.74 Å². The highest BCUT2D eigenvalue weighted by Gasteiger charge is 2.34. The number of nitro benzene ring substituents is 1. The Hall–Kier alpha value is -2.52. The van der Waals surface area contributed by atoms with Crippen molar-refractivity contribution in [2.45, 2.75) is 17.4 Å². The number of ether oxygens (including phenoxy) is 1. The summed E-state index contributed by atoms with van der Waals surface area (Å²) < 4.78 is 32.2. The number of benzene rings is 1. The van der Waals surface area contributed by atoms with Crippen LogP contribution in [0, 0.1) is 10.1 Å². The minimum atomic E-state index is -3.79. The summed E-state index contributed by atoms with van der Waals surface area (Å²) in [5.41, 5.74) is -0.253. The fourth-order valence-corrected chi connectivity index (χ4v) is 4.03. The Kier molecular flexibility index (Phi) is 4.45. The SMILES string of the molecule is O=[N+]([O-])c1cccc(S(=O)(=O)N2CCC(Oc3ccccn3)C2)c1. The van der Waals surface area contributed by atoms with Gasteiger partial charge in [-0.15, -0.1) is 0 Å². The predicted molar refractivity (Wildman–Crippen MR) is 85.1 cm³/mol. The quantitative estimate of drug-likeness (QED) is 0.603. The van der Waals surface area contributed by atoms with Gasteiger partial charge >= 0.3 is 0 Å². The minimum absolute atomic E-state index is 0.0878. The molecule has 0 aliphatic carbocycles. The maximum Gasteiger partial charge on any atom is 0.270 e. The summed E-state index contributed by atoms with van der Waals surface area (Å²) in [5.74, 6) is 0.442. The third kappa shape index (κ3) is 3.36. The Labute approximate surface area is 138 Å². The van der Waals surface area contributed by atoms with Crippen LogP contribution in [0.4, 0.5) is 5.69 Å². The van der Waals surface area contributed by atoms with Crippen LogP contribution in [-0.2, 0) is 10.0 Å². The van der Waals surface area contributed by atoms with Crippen LogP contribution in [0.2, 0.25) is 0 Å². The monoisotopic (exact) mass is 349 g/mol. The zero-order valence-corrected chi connectivity index (χ0v) is 13.4. The van der Waals surface area contributed by atoms with E-state index in [0.717, 1.165) is 6.07 Å². The van der Waals surface area contributed by atoms with Gasteiger partial charge in [0, 0.05) is 30.9 Å². The van der Waals surface area contributed by atoms with Crippen molar-refractivity contribution in [3.63, 3.8) is 0 Å². The lowest BCUT2D eigenvalue weighted by molar-refractivity contribution is -0.385. The third-order valence-electron chi connectivity index (χ3n) is 3.70. The molecule has 1 aromatic heterocycles. The van der Waals surface area contributed by atoms with E-state index in [1.165, 1.54) is 22.5 Å². The van der Waals surface area contributed by atoms with Crippen LogP contribution in [0.1, 0.15) is 6.42 Å². The first-order valence-electron chi connectivity index (χ1n) is 7.29. The van der Waals surface area contributed by atoms with Crippen molar-refractivity contribution in [1.29, 1.82) is 0 Å². The number of non-ortho nitro benzene ring substituents is 1. The standard InChI is InChI=1S/C15H15N3O5S/c19-18(20)12-4-3-5-14(10-12)24(21,22)17-9-7-13(11-17)23-15-6-1-2-8-16-15/h1-6,8,10,13H,7,9,11H2. The van der Waals surface area contributed by atoms with Crippen molar-refractivity contribution in [3.05, 3.63) is 58.8 Å². The first kappa shape index (κ1) is 16.3. The smallest absolute Gasteiger partial charge is 0.270 e. The van der Waals surface area contributed by atoms with E-state index in [1.807, 2.05) is 0 Å². The molecular formula is C15H15N3O5S. The van der Waals surface area contributed by atoms with Crippen LogP contribution in [0.5, 0.6) is 5.88 Å². The van der Waals surface area contributed by atoms with Gasteiger partial charge in [-0.05, 0) is 18.6 Å². The van der Waals surface area contributed by atoms with Crippen LogP contribution in [0.3, 0.4) is 0 Å². The predicted octanol–water partition coefficient (Wildman–Crippen LogP) is 1.83. The van der Waals surface area contributed by atoms with Crippen LogP contribution >= 0.6 is 0 Å². The highest BCUT2D eigenvalue weighted by Crippen LogP contribution is 2.25. The number of pyridine rings is 1. The Morgan fingerprint density at radius 3 is 2.79 bits per heavy atom. The molecule has 1 unspecified atom stereocenters. The summed E-state index contributed by atoms with van der Waals surface area (Å²) >= 11 is 0. The molecule has 8 nitrogen and oxygen atoms in total. The third-order valence-corrected chi connectivity index (χ3v) is 5.56. The van der Waals surface area contributed by atoms with E-state index in [2.05, 4.69) is 4.98 Å². The zero-order valence-electron chi connectivity index (χ0n) is 12.6. The first-order chi connectivity index (χ1) is 11.5. The maximum absolute atomic E-state index is 12.6. The van der Waals surface area contributed by atoms with Crippen molar-refractivity contribution in [1.82, 2.24) is 9.29 Å². The van der Waals surface area contributed by atoms with Crippen LogP contribution in [-0.4, -0.2) is 41.8 Å². The van der Waals surface area contributed by atoms with Crippen molar-refractivity contribution in [2.75, 3.05) is 13.1 Å². The molecule has 1 saturated heterocycles. The molecule has 0 N–H and O–H groups in total. The Morgan fingerprint density at radius 1 is 1.25 bits per heavy atom. The lowest BCUT2D eigenvalue weighted by atomic mass is 10.3. The number of aromatic nitrogens is 1. The summed E-state index contributed by atoms with van der Waals surface area (Å²) in [5, 5.41) is 10.8. The molecule has 1 fully saturated rings. The van der Waals surface area contributed by atoms with Crippen molar-refractivity contribution in [2.24, 2.45) is 0 Å². The minimum Gasteiger partial charge on any atom is -0.473 e. The van der Waals surface area contributed by atoms with Crippen molar-refractivity contribution < 1.29 is 18.1 Å². The number of sulfonamides is 1. The topological polar surface area (TPSA) is 103 Å². The highest BCUT2D eigenvalue weighted by molar-refractivity contribution is 7.89. The maximum atomic E-state index is 12.6. The molecule has 3 rings (SSSR count). The normalized spacial score (nSPS) is 18.4. The van der Waals surface area contributed by atoms with E-state index < -0.39 is 14.9 Å². The average Bonchev–Trinajstić information content (AvgIpc) is 3.05. The molecule has 9 heteroatoms. The van der Waals surface area contributed by atoms with Gasteiger partial charge in [-0.1, -0.05) is 12.1 Å². The molecule has 0 radical (unpaired) electrons. The number of hydrogen-bond acceptors (Lipinski definition) is 6. The van der Waals surface area contributed by atoms with Gasteiger partial charge in [0.1, 0.15) is 6.10 Å². The van der Waals surface area contributed by atoms with Gasteiger partial charge in [0.15, 0.2) is 0 Å². The average molecular weight is 349 g/mol. The largest absolute Gasteiger partial charge is 0.473 e. The number of hydrogen-bond donors (Lipinski definition) is 0. The van der Waals surface area contributed by atoms with E-state index in [1.54, 1.807) is 24.4 Å². The van der Waals surface area contributed by atoms with Crippen LogP contribution in [0.25, 0.3) is 0 Å². The van der Waals surface area contributed by atoms with Crippen molar-refractivity contribution >= 4 is 15.7 Å². The molecule has 1 atom stereocenters. The molecule has 2 aromatic rings. The van der Waals surface area contributed by atoms with E-state index >= 15 is 0 Å². The van der Waals surface area contributed by atoms with Crippen LogP contribution in [0.15, 0.2) is 53.6 Å². The Morgan fingerprint density at radius 2 is 2.08 bits per heavy atom. The van der Waals surface area contributed by atoms with E-state index in [-0.39, 0.29) is 23.2 Å². The van der Waals surface area contributed by atoms with Crippen LogP contribution < -0.4 is 4.74 Å². The second-order valence-electron chi connectivity index (χ2n) is 5.31. The molecular weight excluding hydrogens is 334 g/mol.